The smallest absolute Gasteiger partial charge is 0.317 e. The molecule has 2 aliphatic rings. The van der Waals surface area contributed by atoms with Crippen molar-refractivity contribution < 1.29 is 14.7 Å². The third-order valence-electron chi connectivity index (χ3n) is 7.57. The summed E-state index contributed by atoms with van der Waals surface area (Å²) in [7, 11) is 0. The van der Waals surface area contributed by atoms with Gasteiger partial charge in [0, 0.05) is 32.0 Å². The number of nitrogens with zero attached hydrogens (tertiary/aromatic N) is 2. The van der Waals surface area contributed by atoms with Gasteiger partial charge in [0.25, 0.3) is 0 Å². The van der Waals surface area contributed by atoms with Crippen molar-refractivity contribution in [3.05, 3.63) is 54.1 Å². The molecule has 1 fully saturated rings. The maximum absolute atomic E-state index is 14.0. The van der Waals surface area contributed by atoms with E-state index in [1.807, 2.05) is 42.2 Å². The van der Waals surface area contributed by atoms with E-state index in [1.54, 1.807) is 18.2 Å². The summed E-state index contributed by atoms with van der Waals surface area (Å²) in [5, 5.41) is 12.9. The van der Waals surface area contributed by atoms with E-state index < -0.39 is 5.54 Å². The highest BCUT2D eigenvalue weighted by Crippen LogP contribution is 2.38. The minimum absolute atomic E-state index is 0.000627. The van der Waals surface area contributed by atoms with Gasteiger partial charge in [0.2, 0.25) is 0 Å². The van der Waals surface area contributed by atoms with Crippen LogP contribution in [0.2, 0.25) is 0 Å². The second-order valence-electron chi connectivity index (χ2n) is 10.3. The number of urea groups is 1. The van der Waals surface area contributed by atoms with Crippen molar-refractivity contribution in [2.24, 2.45) is 22.6 Å². The molecular weight excluding hydrogens is 452 g/mol. The van der Waals surface area contributed by atoms with Crippen molar-refractivity contribution in [2.45, 2.75) is 57.9 Å². The number of nitrogens with one attached hydrogen (secondary N) is 1. The number of rotatable bonds is 7. The van der Waals surface area contributed by atoms with Crippen LogP contribution in [0.1, 0.15) is 57.9 Å². The lowest BCUT2D eigenvalue weighted by Gasteiger charge is -2.29. The Balaban J connectivity index is 1.51. The maximum Gasteiger partial charge on any atom is 0.317 e. The van der Waals surface area contributed by atoms with Crippen molar-refractivity contribution in [3.63, 3.8) is 0 Å². The molecule has 0 saturated carbocycles. The van der Waals surface area contributed by atoms with Crippen LogP contribution in [-0.4, -0.2) is 47.3 Å². The van der Waals surface area contributed by atoms with Gasteiger partial charge < -0.3 is 21.1 Å². The van der Waals surface area contributed by atoms with E-state index in [0.717, 1.165) is 48.9 Å². The number of hydrogen-bond donors (Lipinski definition) is 3. The summed E-state index contributed by atoms with van der Waals surface area (Å²) < 4.78 is 0. The Bertz CT molecular complexity index is 1130. The molecule has 4 N–H and O–H groups in total. The number of unbranched alkanes of at least 4 members (excludes halogenated alkanes) is 1. The lowest BCUT2D eigenvalue weighted by molar-refractivity contribution is -0.128. The lowest BCUT2D eigenvalue weighted by Crippen LogP contribution is -2.39. The number of aromatic hydroxyl groups is 1. The monoisotopic (exact) mass is 490 g/mol. The van der Waals surface area contributed by atoms with E-state index in [1.165, 1.54) is 0 Å². The molecule has 36 heavy (non-hydrogen) atoms. The van der Waals surface area contributed by atoms with E-state index in [0.29, 0.717) is 31.8 Å². The quantitative estimate of drug-likeness (QED) is 0.483. The number of carbonyl (C=O) groups excluding carboxylic acids is 2. The summed E-state index contributed by atoms with van der Waals surface area (Å²) >= 11 is 0. The average molecular weight is 491 g/mol. The van der Waals surface area contributed by atoms with Crippen LogP contribution in [0.3, 0.4) is 0 Å². The van der Waals surface area contributed by atoms with E-state index in [9.17, 15) is 14.7 Å². The first-order chi connectivity index (χ1) is 17.3. The number of amidine groups is 1. The number of nitrogens with two attached hydrogens (primary N) is 1. The van der Waals surface area contributed by atoms with Gasteiger partial charge in [0.05, 0.1) is 5.84 Å². The molecule has 0 bridgehead atoms. The third kappa shape index (κ3) is 5.72. The zero-order valence-electron chi connectivity index (χ0n) is 21.4. The minimum Gasteiger partial charge on any atom is -0.508 e. The zero-order valence-corrected chi connectivity index (χ0v) is 21.4. The Labute approximate surface area is 213 Å². The molecule has 3 atom stereocenters. The summed E-state index contributed by atoms with van der Waals surface area (Å²) in [4.78, 5) is 33.1. The van der Waals surface area contributed by atoms with Crippen molar-refractivity contribution in [3.8, 4) is 16.9 Å². The Hall–Kier alpha value is -3.35. The van der Waals surface area contributed by atoms with Gasteiger partial charge in [-0.2, -0.15) is 0 Å². The normalized spacial score (nSPS) is 24.3. The first-order valence-electron chi connectivity index (χ1n) is 13.1. The number of amides is 2. The van der Waals surface area contributed by atoms with Crippen molar-refractivity contribution in [1.29, 1.82) is 0 Å². The molecule has 0 spiro atoms. The van der Waals surface area contributed by atoms with E-state index in [4.69, 9.17) is 10.7 Å². The van der Waals surface area contributed by atoms with E-state index in [-0.39, 0.29) is 29.4 Å². The Kier molecular flexibility index (Phi) is 7.97. The summed E-state index contributed by atoms with van der Waals surface area (Å²) in [6.45, 7) is 6.08. The zero-order chi connectivity index (χ0) is 25.7. The molecule has 0 aromatic heterocycles. The van der Waals surface area contributed by atoms with Crippen LogP contribution in [0.4, 0.5) is 4.79 Å². The maximum atomic E-state index is 14.0. The summed E-state index contributed by atoms with van der Waals surface area (Å²) in [5.41, 5.74) is 7.78. The van der Waals surface area contributed by atoms with Crippen molar-refractivity contribution in [2.75, 3.05) is 19.6 Å². The molecule has 7 heteroatoms. The number of ketones is 1. The topological polar surface area (TPSA) is 108 Å². The van der Waals surface area contributed by atoms with Gasteiger partial charge in [-0.3, -0.25) is 9.79 Å². The number of hydrogen-bond acceptors (Lipinski definition) is 5. The Morgan fingerprint density at radius 2 is 1.94 bits per heavy atom. The molecule has 2 unspecified atom stereocenters. The fourth-order valence-corrected chi connectivity index (χ4v) is 5.46. The molecule has 2 aliphatic heterocycles. The van der Waals surface area contributed by atoms with Crippen LogP contribution in [0.5, 0.6) is 5.75 Å². The molecule has 0 radical (unpaired) electrons. The molecule has 2 amide bonds. The Morgan fingerprint density at radius 3 is 2.69 bits per heavy atom. The molecule has 2 heterocycles. The fourth-order valence-electron chi connectivity index (χ4n) is 5.46. The number of Topliss-reactive ketones (excluding diaryl/α,β-unsaturated/α-hetero) is 1. The van der Waals surface area contributed by atoms with E-state index in [2.05, 4.69) is 12.2 Å². The van der Waals surface area contributed by atoms with Crippen molar-refractivity contribution in [1.82, 2.24) is 10.2 Å². The van der Waals surface area contributed by atoms with Gasteiger partial charge in [-0.1, -0.05) is 43.7 Å². The molecular formula is C29H38N4O3. The van der Waals surface area contributed by atoms with Crippen LogP contribution in [0, 0.1) is 11.8 Å². The second-order valence-corrected chi connectivity index (χ2v) is 10.3. The summed E-state index contributed by atoms with van der Waals surface area (Å²) in [6, 6.07) is 14.9. The second kappa shape index (κ2) is 11.1. The predicted molar refractivity (Wildman–Crippen MR) is 143 cm³/mol. The van der Waals surface area contributed by atoms with Gasteiger partial charge in [-0.05, 0) is 73.4 Å². The Morgan fingerprint density at radius 1 is 1.19 bits per heavy atom. The van der Waals surface area contributed by atoms with Crippen LogP contribution < -0.4 is 11.1 Å². The number of phenolic OH excluding ortho intramolecular Hbond substituents is 1. The number of phenols is 1. The van der Waals surface area contributed by atoms with Crippen LogP contribution in [0.15, 0.2) is 53.5 Å². The molecule has 0 aliphatic carbocycles. The number of likely N-dealkylation sites (tertiary alicyclic amines) is 1. The van der Waals surface area contributed by atoms with Crippen LogP contribution >= 0.6 is 0 Å². The standard InChI is InChI=1S/C29H38N4O3/c1-3-4-14-31-28(36)33-15-13-20(19-33)16-23-11-12-26(30)32-29(2,27(23)35)24-9-5-7-21(17-24)22-8-6-10-25(34)18-22/h5-10,17-18,20,23,34H,3-4,11-16,19H2,1-2H3,(H2,30,32)(H,31,36)/t20-,23?,29?/m1/s1. The molecule has 4 rings (SSSR count). The molecule has 2 aromatic rings. The lowest BCUT2D eigenvalue weighted by atomic mass is 9.77. The van der Waals surface area contributed by atoms with Crippen LogP contribution in [0.25, 0.3) is 11.1 Å². The highest BCUT2D eigenvalue weighted by molar-refractivity contribution is 5.96. The molecule has 7 nitrogen and oxygen atoms in total. The summed E-state index contributed by atoms with van der Waals surface area (Å²) in [6.07, 6.45) is 4.94. The van der Waals surface area contributed by atoms with Gasteiger partial charge in [0.15, 0.2) is 5.78 Å². The first-order valence-corrected chi connectivity index (χ1v) is 13.1. The van der Waals surface area contributed by atoms with Crippen LogP contribution in [-0.2, 0) is 10.3 Å². The third-order valence-corrected chi connectivity index (χ3v) is 7.57. The largest absolute Gasteiger partial charge is 0.508 e. The average Bonchev–Trinajstić information content (AvgIpc) is 3.31. The molecule has 1 saturated heterocycles. The number of aliphatic imine (C=N–C) groups is 1. The summed E-state index contributed by atoms with van der Waals surface area (Å²) in [5.74, 6) is 0.901. The van der Waals surface area contributed by atoms with Crippen molar-refractivity contribution >= 4 is 17.6 Å². The predicted octanol–water partition coefficient (Wildman–Crippen LogP) is 4.83. The van der Waals surface area contributed by atoms with E-state index >= 15 is 0 Å². The van der Waals surface area contributed by atoms with Gasteiger partial charge in [-0.25, -0.2) is 4.79 Å². The van der Waals surface area contributed by atoms with Gasteiger partial charge >= 0.3 is 6.03 Å². The minimum atomic E-state index is -1.08. The molecule has 192 valence electrons. The van der Waals surface area contributed by atoms with Gasteiger partial charge in [0.1, 0.15) is 11.3 Å². The number of benzene rings is 2. The highest BCUT2D eigenvalue weighted by atomic mass is 16.3. The fraction of sp³-hybridized carbons (Fsp3) is 0.483. The number of carbonyl (C=O) groups is 2. The van der Waals surface area contributed by atoms with Gasteiger partial charge in [-0.15, -0.1) is 0 Å². The molecule has 2 aromatic carbocycles. The SMILES string of the molecule is CCCCNC(=O)N1CC[C@H](CC2CCC(N)=NC(C)(c3cccc(-c4cccc(O)c4)c3)C2=O)C1. The first kappa shape index (κ1) is 25.7. The highest BCUT2D eigenvalue weighted by Gasteiger charge is 2.42.